The number of rotatable bonds is 8. The summed E-state index contributed by atoms with van der Waals surface area (Å²) in [6.45, 7) is 0.418. The molecular weight excluding hydrogens is 625 g/mol. The van der Waals surface area contributed by atoms with Crippen LogP contribution in [0.25, 0.3) is 10.9 Å². The van der Waals surface area contributed by atoms with Crippen molar-refractivity contribution in [2.75, 3.05) is 18.1 Å². The van der Waals surface area contributed by atoms with Crippen LogP contribution in [-0.4, -0.2) is 57.2 Å². The lowest BCUT2D eigenvalue weighted by Gasteiger charge is -2.53. The van der Waals surface area contributed by atoms with Crippen molar-refractivity contribution in [2.24, 2.45) is 5.73 Å². The number of benzene rings is 3. The maximum atomic E-state index is 15.0. The van der Waals surface area contributed by atoms with Gasteiger partial charge < -0.3 is 20.7 Å². The van der Waals surface area contributed by atoms with Gasteiger partial charge in [0.25, 0.3) is 5.91 Å². The number of carbonyl (C=O) groups excluding carboxylic acids is 2. The number of aromatic nitrogens is 1. The summed E-state index contributed by atoms with van der Waals surface area (Å²) >= 11 is 12.7. The maximum absolute atomic E-state index is 15.0. The summed E-state index contributed by atoms with van der Waals surface area (Å²) in [5.41, 5.74) is 2.55. The summed E-state index contributed by atoms with van der Waals surface area (Å²) in [5, 5.41) is 13.8. The Morgan fingerprint density at radius 3 is 2.25 bits per heavy atom. The number of carbonyl (C=O) groups is 2. The number of nitrogens with one attached hydrogen (secondary N) is 1. The van der Waals surface area contributed by atoms with Gasteiger partial charge in [-0.05, 0) is 60.8 Å². The molecule has 0 fully saturated rings. The van der Waals surface area contributed by atoms with E-state index >= 15 is 13.2 Å². The topological polar surface area (TPSA) is 106 Å². The van der Waals surface area contributed by atoms with Crippen molar-refractivity contribution in [2.45, 2.75) is 24.9 Å². The molecule has 2 atom stereocenters. The third kappa shape index (κ3) is 5.28. The highest BCUT2D eigenvalue weighted by Crippen LogP contribution is 2.47. The number of aliphatic hydroxyl groups excluding tert-OH is 1. The smallest absolute Gasteiger partial charge is 0.380 e. The number of H-pyrrole nitrogens is 1. The summed E-state index contributed by atoms with van der Waals surface area (Å²) in [6, 6.07) is 16.8. The van der Waals surface area contributed by atoms with E-state index in [0.29, 0.717) is 10.9 Å². The van der Waals surface area contributed by atoms with Crippen LogP contribution < -0.4 is 10.7 Å². The predicted molar refractivity (Wildman–Crippen MR) is 158 cm³/mol. The number of amides is 2. The highest BCUT2D eigenvalue weighted by Gasteiger charge is 2.64. The van der Waals surface area contributed by atoms with Crippen LogP contribution in [-0.2, 0) is 10.5 Å². The Bertz CT molecular complexity index is 1710. The number of halogens is 6. The molecule has 0 aliphatic carbocycles. The first kappa shape index (κ1) is 31.3. The van der Waals surface area contributed by atoms with Gasteiger partial charge in [0.1, 0.15) is 5.82 Å². The van der Waals surface area contributed by atoms with Crippen LogP contribution >= 0.6 is 23.2 Å². The first-order chi connectivity index (χ1) is 20.8. The summed E-state index contributed by atoms with van der Waals surface area (Å²) in [5.74, 6) is -2.64. The van der Waals surface area contributed by atoms with Gasteiger partial charge in [0.05, 0.1) is 39.1 Å². The number of hydrogen-bond acceptors (Lipinski definition) is 5. The highest BCUT2D eigenvalue weighted by atomic mass is 35.5. The molecule has 44 heavy (non-hydrogen) atoms. The molecule has 1 aromatic heterocycles. The minimum Gasteiger partial charge on any atom is -0.380 e. The molecule has 0 saturated heterocycles. The second-order valence-corrected chi connectivity index (χ2v) is 10.8. The zero-order chi connectivity index (χ0) is 32.0. The SMILES string of the molecule is CCN(C(=O)c1c(Cl)cccc1Cl)C(c1cc2ccccc2[nH]1)(C(O)C(F)(F)F)N1CC(C(N)=O)=CN1c1ccc(F)cc1. The number of aliphatic hydroxyl groups is 1. The van der Waals surface area contributed by atoms with Gasteiger partial charge in [-0.2, -0.15) is 18.2 Å². The van der Waals surface area contributed by atoms with Crippen LogP contribution in [0.3, 0.4) is 0 Å². The average Bonchev–Trinajstić information content (AvgIpc) is 3.61. The van der Waals surface area contributed by atoms with Crippen molar-refractivity contribution in [3.63, 3.8) is 0 Å². The predicted octanol–water partition coefficient (Wildman–Crippen LogP) is 5.96. The van der Waals surface area contributed by atoms with Gasteiger partial charge in [-0.3, -0.25) is 14.6 Å². The molecule has 2 unspecified atom stereocenters. The molecule has 0 saturated carbocycles. The van der Waals surface area contributed by atoms with Crippen LogP contribution in [0.15, 0.2) is 84.6 Å². The van der Waals surface area contributed by atoms with Gasteiger partial charge in [-0.1, -0.05) is 47.5 Å². The number of para-hydroxylation sites is 1. The third-order valence-corrected chi connectivity index (χ3v) is 8.06. The molecular formula is C30H25Cl2F4N5O3. The van der Waals surface area contributed by atoms with E-state index in [4.69, 9.17) is 28.9 Å². The molecule has 1 aliphatic rings. The minimum absolute atomic E-state index is 0.108. The lowest BCUT2D eigenvalue weighted by Crippen LogP contribution is -2.71. The summed E-state index contributed by atoms with van der Waals surface area (Å²) in [7, 11) is 0. The normalized spacial score (nSPS) is 16.1. The van der Waals surface area contributed by atoms with Crippen molar-refractivity contribution in [3.8, 4) is 0 Å². The monoisotopic (exact) mass is 649 g/mol. The second kappa shape index (κ2) is 11.8. The zero-order valence-corrected chi connectivity index (χ0v) is 24.5. The number of alkyl halides is 3. The fraction of sp³-hybridized carbons (Fsp3) is 0.200. The van der Waals surface area contributed by atoms with Gasteiger partial charge in [0.2, 0.25) is 5.91 Å². The van der Waals surface area contributed by atoms with E-state index in [0.717, 1.165) is 27.1 Å². The van der Waals surface area contributed by atoms with E-state index in [1.165, 1.54) is 49.5 Å². The summed E-state index contributed by atoms with van der Waals surface area (Å²) in [6.07, 6.45) is -7.48. The van der Waals surface area contributed by atoms with Gasteiger partial charge in [0, 0.05) is 18.3 Å². The fourth-order valence-electron chi connectivity index (χ4n) is 5.47. The number of hydrogen-bond donors (Lipinski definition) is 3. The first-order valence-electron chi connectivity index (χ1n) is 13.2. The average molecular weight is 650 g/mol. The van der Waals surface area contributed by atoms with Crippen LogP contribution in [0.4, 0.5) is 23.2 Å². The second-order valence-electron chi connectivity index (χ2n) is 9.98. The number of fused-ring (bicyclic) bond motifs is 1. The highest BCUT2D eigenvalue weighted by molar-refractivity contribution is 6.39. The van der Waals surface area contributed by atoms with E-state index in [9.17, 15) is 19.1 Å². The minimum atomic E-state index is -5.35. The lowest BCUT2D eigenvalue weighted by atomic mass is 9.92. The molecule has 8 nitrogen and oxygen atoms in total. The van der Waals surface area contributed by atoms with Gasteiger partial charge in [0.15, 0.2) is 11.8 Å². The molecule has 4 N–H and O–H groups in total. The Balaban J connectivity index is 1.88. The van der Waals surface area contributed by atoms with Crippen molar-refractivity contribution >= 4 is 51.6 Å². The van der Waals surface area contributed by atoms with Gasteiger partial charge in [-0.25, -0.2) is 4.39 Å². The molecule has 0 spiro atoms. The zero-order valence-electron chi connectivity index (χ0n) is 22.9. The van der Waals surface area contributed by atoms with E-state index < -0.39 is 48.7 Å². The summed E-state index contributed by atoms with van der Waals surface area (Å²) in [4.78, 5) is 30.6. The van der Waals surface area contributed by atoms with Crippen LogP contribution in [0, 0.1) is 5.82 Å². The molecule has 0 bridgehead atoms. The Morgan fingerprint density at radius 1 is 1.05 bits per heavy atom. The van der Waals surface area contributed by atoms with Crippen LogP contribution in [0.2, 0.25) is 10.0 Å². The number of hydrazine groups is 1. The molecule has 2 amide bonds. The molecule has 230 valence electrons. The molecule has 14 heteroatoms. The van der Waals surface area contributed by atoms with E-state index in [1.807, 2.05) is 0 Å². The summed E-state index contributed by atoms with van der Waals surface area (Å²) < 4.78 is 59.1. The van der Waals surface area contributed by atoms with Crippen molar-refractivity contribution < 1.29 is 32.3 Å². The number of nitrogens with zero attached hydrogens (tertiary/aromatic N) is 3. The molecule has 2 heterocycles. The third-order valence-electron chi connectivity index (χ3n) is 7.43. The quantitative estimate of drug-likeness (QED) is 0.204. The molecule has 5 rings (SSSR count). The fourth-order valence-corrected chi connectivity index (χ4v) is 6.03. The Hall–Kier alpha value is -4.10. The molecule has 4 aromatic rings. The number of nitrogens with two attached hydrogens (primary N) is 1. The molecule has 3 aromatic carbocycles. The van der Waals surface area contributed by atoms with E-state index in [1.54, 1.807) is 24.3 Å². The Labute approximate surface area is 258 Å². The Kier molecular flexibility index (Phi) is 8.38. The van der Waals surface area contributed by atoms with Crippen molar-refractivity contribution in [1.29, 1.82) is 0 Å². The number of likely N-dealkylation sites (N-methyl/N-ethyl adjacent to an activating group) is 1. The number of aromatic amines is 1. The van der Waals surface area contributed by atoms with Crippen molar-refractivity contribution in [1.82, 2.24) is 14.9 Å². The molecule has 1 aliphatic heterocycles. The lowest BCUT2D eigenvalue weighted by molar-refractivity contribution is -0.269. The van der Waals surface area contributed by atoms with E-state index in [2.05, 4.69) is 4.98 Å². The van der Waals surface area contributed by atoms with E-state index in [-0.39, 0.29) is 32.6 Å². The first-order valence-corrected chi connectivity index (χ1v) is 14.0. The standard InChI is InChI=1S/C30H25Cl2F4N5O3/c1-2-39(27(43)25-21(31)7-5-8-22(25)32)29(28(44)30(34,35)36,24-14-17-6-3-4-9-23(17)38-24)41-16-18(26(37)42)15-40(41)20-12-10-19(33)11-13-20/h3-15,28,38,44H,2,16H2,1H3,(H2,37,42). The van der Waals surface area contributed by atoms with Gasteiger partial charge >= 0.3 is 6.18 Å². The van der Waals surface area contributed by atoms with Crippen molar-refractivity contribution in [3.05, 3.63) is 112 Å². The van der Waals surface area contributed by atoms with Crippen LogP contribution in [0.5, 0.6) is 0 Å². The van der Waals surface area contributed by atoms with Crippen LogP contribution in [0.1, 0.15) is 23.0 Å². The van der Waals surface area contributed by atoms with Gasteiger partial charge in [-0.15, -0.1) is 0 Å². The number of primary amides is 1. The molecule has 0 radical (unpaired) electrons. The Morgan fingerprint density at radius 2 is 1.68 bits per heavy atom. The number of anilines is 1. The maximum Gasteiger partial charge on any atom is 0.418 e. The largest absolute Gasteiger partial charge is 0.418 e.